The number of nitrogens with zero attached hydrogens (tertiary/aromatic N) is 1. The van der Waals surface area contributed by atoms with Crippen LogP contribution in [0.4, 0.5) is 0 Å². The lowest BCUT2D eigenvalue weighted by atomic mass is 10.2. The van der Waals surface area contributed by atoms with Gasteiger partial charge in [-0.05, 0) is 6.92 Å². The molecule has 0 saturated carbocycles. The van der Waals surface area contributed by atoms with Gasteiger partial charge in [0.05, 0.1) is 27.2 Å². The van der Waals surface area contributed by atoms with Gasteiger partial charge in [-0.1, -0.05) is 0 Å². The van der Waals surface area contributed by atoms with E-state index in [1.165, 1.54) is 0 Å². The topological polar surface area (TPSA) is 0 Å². The quantitative estimate of drug-likeness (QED) is 0.425. The summed E-state index contributed by atoms with van der Waals surface area (Å²) in [7, 11) is 6.58. The average Bonchev–Trinajstić information content (AvgIpc) is 1.64. The van der Waals surface area contributed by atoms with Gasteiger partial charge in [0.2, 0.25) is 0 Å². The fourth-order valence-corrected chi connectivity index (χ4v) is 0.861. The molecule has 0 saturated heterocycles. The SMILES string of the molecule is CC(CCCl)[N+](C)(C)C. The molecule has 0 fully saturated rings. The first-order valence-corrected chi connectivity index (χ1v) is 3.89. The zero-order chi connectivity index (χ0) is 7.49. The van der Waals surface area contributed by atoms with Crippen molar-refractivity contribution in [2.75, 3.05) is 27.0 Å². The Morgan fingerprint density at radius 1 is 1.33 bits per heavy atom. The molecular formula is C7H17ClN+. The van der Waals surface area contributed by atoms with Crippen molar-refractivity contribution in [3.05, 3.63) is 0 Å². The molecule has 0 amide bonds. The largest absolute Gasteiger partial charge is 0.329 e. The number of rotatable bonds is 3. The zero-order valence-electron chi connectivity index (χ0n) is 6.82. The van der Waals surface area contributed by atoms with Crippen molar-refractivity contribution in [1.82, 2.24) is 0 Å². The highest BCUT2D eigenvalue weighted by molar-refractivity contribution is 6.17. The summed E-state index contributed by atoms with van der Waals surface area (Å²) in [4.78, 5) is 0. The Morgan fingerprint density at radius 3 is 1.89 bits per heavy atom. The molecule has 1 atom stereocenters. The van der Waals surface area contributed by atoms with Crippen molar-refractivity contribution in [2.45, 2.75) is 19.4 Å². The van der Waals surface area contributed by atoms with Gasteiger partial charge in [-0.2, -0.15) is 0 Å². The van der Waals surface area contributed by atoms with Crippen molar-refractivity contribution in [1.29, 1.82) is 0 Å². The van der Waals surface area contributed by atoms with Gasteiger partial charge >= 0.3 is 0 Å². The normalized spacial score (nSPS) is 15.7. The molecule has 1 nitrogen and oxygen atoms in total. The molecule has 0 aliphatic heterocycles. The Labute approximate surface area is 63.2 Å². The van der Waals surface area contributed by atoms with E-state index in [-0.39, 0.29) is 0 Å². The molecule has 0 aliphatic rings. The van der Waals surface area contributed by atoms with E-state index in [0.717, 1.165) is 16.8 Å². The van der Waals surface area contributed by atoms with Gasteiger partial charge in [-0.25, -0.2) is 0 Å². The lowest BCUT2D eigenvalue weighted by Crippen LogP contribution is -2.43. The smallest absolute Gasteiger partial charge is 0.0867 e. The average molecular weight is 151 g/mol. The van der Waals surface area contributed by atoms with Crippen LogP contribution < -0.4 is 0 Å². The van der Waals surface area contributed by atoms with Crippen LogP contribution in [-0.4, -0.2) is 37.5 Å². The molecule has 0 N–H and O–H groups in total. The summed E-state index contributed by atoms with van der Waals surface area (Å²) in [5.41, 5.74) is 0. The van der Waals surface area contributed by atoms with Crippen molar-refractivity contribution in [3.8, 4) is 0 Å². The Bertz CT molecular complexity index is 75.5. The number of alkyl halides is 1. The summed E-state index contributed by atoms with van der Waals surface area (Å²) in [5.74, 6) is 0.774. The lowest BCUT2D eigenvalue weighted by molar-refractivity contribution is -0.894. The van der Waals surface area contributed by atoms with E-state index in [1.807, 2.05) is 0 Å². The van der Waals surface area contributed by atoms with Gasteiger partial charge in [0.25, 0.3) is 0 Å². The van der Waals surface area contributed by atoms with Crippen molar-refractivity contribution >= 4 is 11.6 Å². The molecule has 0 rings (SSSR count). The van der Waals surface area contributed by atoms with Crippen LogP contribution in [0.25, 0.3) is 0 Å². The van der Waals surface area contributed by atoms with E-state index in [1.54, 1.807) is 0 Å². The molecule has 0 heterocycles. The monoisotopic (exact) mass is 150 g/mol. The van der Waals surface area contributed by atoms with Gasteiger partial charge < -0.3 is 4.48 Å². The van der Waals surface area contributed by atoms with Gasteiger partial charge in [0.15, 0.2) is 0 Å². The standard InChI is InChI=1S/C7H17ClN/c1-7(5-6-8)9(2,3)4/h7H,5-6H2,1-4H3/q+1. The van der Waals surface area contributed by atoms with Crippen LogP contribution >= 0.6 is 11.6 Å². The van der Waals surface area contributed by atoms with E-state index in [9.17, 15) is 0 Å². The highest BCUT2D eigenvalue weighted by atomic mass is 35.5. The first kappa shape index (κ1) is 9.25. The third-order valence-corrected chi connectivity index (χ3v) is 2.07. The minimum absolute atomic E-state index is 0.669. The van der Waals surface area contributed by atoms with Crippen molar-refractivity contribution < 1.29 is 4.48 Å². The molecule has 56 valence electrons. The van der Waals surface area contributed by atoms with Crippen LogP contribution in [0.2, 0.25) is 0 Å². The summed E-state index contributed by atoms with van der Waals surface area (Å²) in [6.45, 7) is 2.22. The van der Waals surface area contributed by atoms with Crippen LogP contribution in [0.1, 0.15) is 13.3 Å². The highest BCUT2D eigenvalue weighted by Crippen LogP contribution is 2.06. The summed E-state index contributed by atoms with van der Waals surface area (Å²) in [5, 5.41) is 0. The molecule has 0 aromatic rings. The van der Waals surface area contributed by atoms with Crippen molar-refractivity contribution in [2.24, 2.45) is 0 Å². The second-order valence-electron chi connectivity index (χ2n) is 3.44. The first-order valence-electron chi connectivity index (χ1n) is 3.35. The summed E-state index contributed by atoms with van der Waals surface area (Å²) >= 11 is 5.59. The Balaban J connectivity index is 3.59. The third-order valence-electron chi connectivity index (χ3n) is 1.85. The van der Waals surface area contributed by atoms with Crippen LogP contribution in [0.15, 0.2) is 0 Å². The van der Waals surface area contributed by atoms with E-state index in [0.29, 0.717) is 6.04 Å². The molecule has 0 aliphatic carbocycles. The number of hydrogen-bond donors (Lipinski definition) is 0. The fraction of sp³-hybridized carbons (Fsp3) is 1.00. The summed E-state index contributed by atoms with van der Waals surface area (Å²) in [6, 6.07) is 0.669. The highest BCUT2D eigenvalue weighted by Gasteiger charge is 2.16. The maximum absolute atomic E-state index is 5.59. The molecule has 0 aromatic heterocycles. The predicted octanol–water partition coefficient (Wildman–Crippen LogP) is 1.71. The Kier molecular flexibility index (Phi) is 3.52. The van der Waals surface area contributed by atoms with Crippen LogP contribution in [0.5, 0.6) is 0 Å². The predicted molar refractivity (Wildman–Crippen MR) is 42.8 cm³/mol. The molecule has 0 bridgehead atoms. The van der Waals surface area contributed by atoms with E-state index in [4.69, 9.17) is 11.6 Å². The van der Waals surface area contributed by atoms with E-state index < -0.39 is 0 Å². The van der Waals surface area contributed by atoms with Gasteiger partial charge in [0.1, 0.15) is 0 Å². The molecule has 2 heteroatoms. The third kappa shape index (κ3) is 3.77. The molecule has 0 spiro atoms. The zero-order valence-corrected chi connectivity index (χ0v) is 7.57. The molecule has 0 radical (unpaired) electrons. The molecule has 9 heavy (non-hydrogen) atoms. The second kappa shape index (κ2) is 3.43. The molecular weight excluding hydrogens is 134 g/mol. The maximum Gasteiger partial charge on any atom is 0.0867 e. The number of hydrogen-bond acceptors (Lipinski definition) is 0. The van der Waals surface area contributed by atoms with Crippen LogP contribution in [-0.2, 0) is 0 Å². The second-order valence-corrected chi connectivity index (χ2v) is 3.82. The first-order chi connectivity index (χ1) is 3.98. The van der Waals surface area contributed by atoms with E-state index in [2.05, 4.69) is 28.1 Å². The Morgan fingerprint density at radius 2 is 1.78 bits per heavy atom. The molecule has 1 unspecified atom stereocenters. The minimum Gasteiger partial charge on any atom is -0.329 e. The summed E-state index contributed by atoms with van der Waals surface area (Å²) < 4.78 is 1.01. The lowest BCUT2D eigenvalue weighted by Gasteiger charge is -2.31. The number of quaternary nitrogens is 1. The van der Waals surface area contributed by atoms with Gasteiger partial charge in [0, 0.05) is 12.3 Å². The van der Waals surface area contributed by atoms with Crippen LogP contribution in [0.3, 0.4) is 0 Å². The maximum atomic E-state index is 5.59. The minimum atomic E-state index is 0.669. The van der Waals surface area contributed by atoms with E-state index >= 15 is 0 Å². The van der Waals surface area contributed by atoms with Crippen LogP contribution in [0, 0.1) is 0 Å². The number of halogens is 1. The fourth-order valence-electron chi connectivity index (χ4n) is 0.545. The van der Waals surface area contributed by atoms with Gasteiger partial charge in [-0.15, -0.1) is 11.6 Å². The van der Waals surface area contributed by atoms with Gasteiger partial charge in [-0.3, -0.25) is 0 Å². The molecule has 0 aromatic carbocycles. The summed E-state index contributed by atoms with van der Waals surface area (Å²) in [6.07, 6.45) is 1.10. The Hall–Kier alpha value is 0.250. The van der Waals surface area contributed by atoms with Crippen molar-refractivity contribution in [3.63, 3.8) is 0 Å².